The highest BCUT2D eigenvalue weighted by Gasteiger charge is 1.76. The van der Waals surface area contributed by atoms with Crippen LogP contribution in [0.15, 0.2) is 12.2 Å². The molecule has 0 N–H and O–H groups in total. The Labute approximate surface area is 60.4 Å². The maximum atomic E-state index is 5.34. The molecular weight excluding hydrogens is 140 g/mol. The third kappa shape index (κ3) is 7.95. The summed E-state index contributed by atoms with van der Waals surface area (Å²) in [5.41, 5.74) is 0. The molecule has 0 rings (SSSR count). The van der Waals surface area contributed by atoms with Crippen LogP contribution in [0.5, 0.6) is 0 Å². The molecule has 0 saturated carbocycles. The molecule has 0 aromatic rings. The van der Waals surface area contributed by atoms with E-state index in [4.69, 9.17) is 16.3 Å². The van der Waals surface area contributed by atoms with E-state index in [1.165, 1.54) is 0 Å². The summed E-state index contributed by atoms with van der Waals surface area (Å²) >= 11 is 5.34. The Morgan fingerprint density at radius 3 is 2.78 bits per heavy atom. The third-order valence-electron chi connectivity index (χ3n) is 0.671. The van der Waals surface area contributed by atoms with E-state index >= 15 is 0 Å². The molecule has 3 heteroatoms. The van der Waals surface area contributed by atoms with E-state index in [2.05, 4.69) is 4.74 Å². The van der Waals surface area contributed by atoms with Crippen molar-refractivity contribution in [1.82, 2.24) is 0 Å². The minimum absolute atomic E-state index is 0.340. The Balaban J connectivity index is 2.82. The molecule has 0 radical (unpaired) electrons. The molecule has 54 valence electrons. The summed E-state index contributed by atoms with van der Waals surface area (Å²) in [5, 5.41) is 0. The first kappa shape index (κ1) is 8.95. The Bertz CT molecular complexity index is 73.5. The normalized spacial score (nSPS) is 10.9. The van der Waals surface area contributed by atoms with Crippen molar-refractivity contribution in [3.05, 3.63) is 12.2 Å². The zero-order chi connectivity index (χ0) is 6.95. The lowest BCUT2D eigenvalue weighted by molar-refractivity contribution is -0.0186. The number of methoxy groups -OCH3 is 1. The zero-order valence-electron chi connectivity index (χ0n) is 5.47. The summed E-state index contributed by atoms with van der Waals surface area (Å²) in [6.07, 6.45) is 3.68. The predicted octanol–water partition coefficient (Wildman–Crippen LogP) is 1.40. The summed E-state index contributed by atoms with van der Waals surface area (Å²) < 4.78 is 9.55. The minimum Gasteiger partial charge on any atom is -0.359 e. The van der Waals surface area contributed by atoms with Crippen LogP contribution in [-0.4, -0.2) is 26.4 Å². The molecule has 0 heterocycles. The summed E-state index contributed by atoms with van der Waals surface area (Å²) in [5.74, 6) is 0.538. The van der Waals surface area contributed by atoms with Crippen molar-refractivity contribution in [2.24, 2.45) is 0 Å². The maximum Gasteiger partial charge on any atom is 0.146 e. The topological polar surface area (TPSA) is 18.5 Å². The summed E-state index contributed by atoms with van der Waals surface area (Å²) in [4.78, 5) is 0. The molecule has 9 heavy (non-hydrogen) atoms. The smallest absolute Gasteiger partial charge is 0.146 e. The molecule has 0 amide bonds. The lowest BCUT2D eigenvalue weighted by atomic mass is 10.6. The van der Waals surface area contributed by atoms with Gasteiger partial charge < -0.3 is 9.47 Å². The highest BCUT2D eigenvalue weighted by atomic mass is 35.5. The van der Waals surface area contributed by atoms with Gasteiger partial charge in [-0.25, -0.2) is 0 Å². The van der Waals surface area contributed by atoms with Gasteiger partial charge in [-0.2, -0.15) is 0 Å². The second kappa shape index (κ2) is 7.95. The number of halogens is 1. The first-order valence-corrected chi connectivity index (χ1v) is 3.23. The van der Waals surface area contributed by atoms with E-state index in [1.807, 2.05) is 12.2 Å². The third-order valence-corrected chi connectivity index (χ3v) is 0.849. The first-order chi connectivity index (χ1) is 4.41. The first-order valence-electron chi connectivity index (χ1n) is 2.69. The van der Waals surface area contributed by atoms with Crippen molar-refractivity contribution in [1.29, 1.82) is 0 Å². The summed E-state index contributed by atoms with van der Waals surface area (Å²) in [6.45, 7) is 0.910. The number of rotatable bonds is 5. The fraction of sp³-hybridized carbons (Fsp3) is 0.667. The molecule has 0 unspecified atom stereocenters. The van der Waals surface area contributed by atoms with Crippen molar-refractivity contribution in [3.63, 3.8) is 0 Å². The van der Waals surface area contributed by atoms with Gasteiger partial charge in [-0.05, 0) is 0 Å². The van der Waals surface area contributed by atoms with E-state index in [9.17, 15) is 0 Å². The van der Waals surface area contributed by atoms with Gasteiger partial charge in [0.1, 0.15) is 6.79 Å². The van der Waals surface area contributed by atoms with E-state index in [0.29, 0.717) is 19.3 Å². The monoisotopic (exact) mass is 150 g/mol. The molecule has 2 nitrogen and oxygen atoms in total. The van der Waals surface area contributed by atoms with Crippen LogP contribution in [0.2, 0.25) is 0 Å². The predicted molar refractivity (Wildman–Crippen MR) is 37.7 cm³/mol. The van der Waals surface area contributed by atoms with Crippen LogP contribution in [0.4, 0.5) is 0 Å². The molecular formula is C6H11ClO2. The van der Waals surface area contributed by atoms with Crippen LogP contribution in [0, 0.1) is 0 Å². The van der Waals surface area contributed by atoms with Crippen molar-refractivity contribution >= 4 is 11.6 Å². The fourth-order valence-electron chi connectivity index (χ4n) is 0.331. The molecule has 0 aromatic carbocycles. The fourth-order valence-corrected chi connectivity index (χ4v) is 0.457. The molecule has 0 bridgehead atoms. The molecule has 0 aliphatic heterocycles. The Kier molecular flexibility index (Phi) is 7.91. The number of alkyl halides is 1. The standard InChI is InChI=1S/C6H11ClO2/c1-8-6-9-5-3-2-4-7/h2-3H,4-6H2,1H3/b3-2-. The van der Waals surface area contributed by atoms with Gasteiger partial charge in [0.25, 0.3) is 0 Å². The van der Waals surface area contributed by atoms with Gasteiger partial charge in [0, 0.05) is 13.0 Å². The van der Waals surface area contributed by atoms with Gasteiger partial charge >= 0.3 is 0 Å². The van der Waals surface area contributed by atoms with E-state index in [-0.39, 0.29) is 0 Å². The van der Waals surface area contributed by atoms with E-state index in [0.717, 1.165) is 0 Å². The molecule has 0 fully saturated rings. The maximum absolute atomic E-state index is 5.34. The number of hydrogen-bond donors (Lipinski definition) is 0. The molecule has 0 spiro atoms. The number of hydrogen-bond acceptors (Lipinski definition) is 2. The van der Waals surface area contributed by atoms with E-state index < -0.39 is 0 Å². The van der Waals surface area contributed by atoms with Crippen molar-refractivity contribution in [3.8, 4) is 0 Å². The Morgan fingerprint density at radius 2 is 2.22 bits per heavy atom. The van der Waals surface area contributed by atoms with Gasteiger partial charge in [-0.15, -0.1) is 11.6 Å². The van der Waals surface area contributed by atoms with Crippen LogP contribution >= 0.6 is 11.6 Å². The van der Waals surface area contributed by atoms with Crippen molar-refractivity contribution in [2.75, 3.05) is 26.4 Å². The lowest BCUT2D eigenvalue weighted by Gasteiger charge is -1.95. The van der Waals surface area contributed by atoms with Gasteiger partial charge in [0.15, 0.2) is 0 Å². The van der Waals surface area contributed by atoms with Crippen LogP contribution < -0.4 is 0 Å². The van der Waals surface area contributed by atoms with Crippen LogP contribution in [0.1, 0.15) is 0 Å². The van der Waals surface area contributed by atoms with Gasteiger partial charge in [0.05, 0.1) is 6.61 Å². The van der Waals surface area contributed by atoms with Crippen LogP contribution in [0.3, 0.4) is 0 Å². The quantitative estimate of drug-likeness (QED) is 0.255. The minimum atomic E-state index is 0.340. The highest BCUT2D eigenvalue weighted by Crippen LogP contribution is 1.80. The van der Waals surface area contributed by atoms with Gasteiger partial charge in [0.2, 0.25) is 0 Å². The summed E-state index contributed by atoms with van der Waals surface area (Å²) in [6, 6.07) is 0. The van der Waals surface area contributed by atoms with Crippen LogP contribution in [-0.2, 0) is 9.47 Å². The molecule has 0 aliphatic rings. The average molecular weight is 151 g/mol. The van der Waals surface area contributed by atoms with Crippen molar-refractivity contribution in [2.45, 2.75) is 0 Å². The summed E-state index contributed by atoms with van der Waals surface area (Å²) in [7, 11) is 1.59. The Morgan fingerprint density at radius 1 is 1.44 bits per heavy atom. The SMILES string of the molecule is COCOC/C=C\CCl. The molecule has 0 atom stereocenters. The molecule has 0 aliphatic carbocycles. The number of ether oxygens (including phenoxy) is 2. The second-order valence-electron chi connectivity index (χ2n) is 1.40. The van der Waals surface area contributed by atoms with E-state index in [1.54, 1.807) is 7.11 Å². The van der Waals surface area contributed by atoms with Crippen LogP contribution in [0.25, 0.3) is 0 Å². The van der Waals surface area contributed by atoms with Crippen molar-refractivity contribution < 1.29 is 9.47 Å². The molecule has 0 saturated heterocycles. The number of allylic oxidation sites excluding steroid dienone is 1. The Hall–Kier alpha value is -0.0500. The highest BCUT2D eigenvalue weighted by molar-refractivity contribution is 6.18. The second-order valence-corrected chi connectivity index (χ2v) is 1.71. The van der Waals surface area contributed by atoms with Gasteiger partial charge in [-0.3, -0.25) is 0 Å². The lowest BCUT2D eigenvalue weighted by Crippen LogP contribution is -1.95. The van der Waals surface area contributed by atoms with Gasteiger partial charge in [-0.1, -0.05) is 12.2 Å². The average Bonchev–Trinajstić information content (AvgIpc) is 1.89. The molecule has 0 aromatic heterocycles. The largest absolute Gasteiger partial charge is 0.359 e. The zero-order valence-corrected chi connectivity index (χ0v) is 6.23.